The Hall–Kier alpha value is -1.89. The Morgan fingerprint density at radius 1 is 1.35 bits per heavy atom. The van der Waals surface area contributed by atoms with Crippen LogP contribution in [0.3, 0.4) is 0 Å². The lowest BCUT2D eigenvalue weighted by Gasteiger charge is -2.23. The first-order valence-electron chi connectivity index (χ1n) is 7.12. The van der Waals surface area contributed by atoms with Crippen molar-refractivity contribution < 1.29 is 0 Å². The molecular weight excluding hydrogens is 254 g/mol. The molecule has 0 atom stereocenters. The van der Waals surface area contributed by atoms with E-state index in [9.17, 15) is 0 Å². The molecule has 0 radical (unpaired) electrons. The van der Waals surface area contributed by atoms with Gasteiger partial charge in [-0.15, -0.1) is 0 Å². The minimum Gasteiger partial charge on any atom is -0.382 e. The third-order valence-electron chi connectivity index (χ3n) is 3.68. The normalized spacial score (nSPS) is 16.9. The van der Waals surface area contributed by atoms with Gasteiger partial charge in [0.25, 0.3) is 0 Å². The summed E-state index contributed by atoms with van der Waals surface area (Å²) >= 11 is 0. The molecule has 0 bridgehead atoms. The molecule has 108 valence electrons. The number of nitrogens with one attached hydrogen (secondary N) is 2. The molecule has 0 aromatic carbocycles. The highest BCUT2D eigenvalue weighted by Crippen LogP contribution is 2.21. The lowest BCUT2D eigenvalue weighted by molar-refractivity contribution is 0.477. The van der Waals surface area contributed by atoms with Crippen molar-refractivity contribution in [3.05, 3.63) is 6.33 Å². The zero-order valence-electron chi connectivity index (χ0n) is 11.9. The van der Waals surface area contributed by atoms with Crippen molar-refractivity contribution in [2.24, 2.45) is 0 Å². The molecule has 1 fully saturated rings. The van der Waals surface area contributed by atoms with Crippen LogP contribution in [-0.2, 0) is 0 Å². The summed E-state index contributed by atoms with van der Waals surface area (Å²) in [7, 11) is 0. The summed E-state index contributed by atoms with van der Waals surface area (Å²) in [5, 5.41) is 6.73. The summed E-state index contributed by atoms with van der Waals surface area (Å²) in [4.78, 5) is 13.2. The number of piperidine rings is 1. The van der Waals surface area contributed by atoms with E-state index in [0.717, 1.165) is 31.6 Å². The highest BCUT2D eigenvalue weighted by molar-refractivity contribution is 5.82. The van der Waals surface area contributed by atoms with Crippen LogP contribution >= 0.6 is 0 Å². The standard InChI is InChI=1S/C13H21N7/c1-8(2)20-7-16-10-11(14)18-13(19-12(10)20)17-9-3-5-15-6-4-9/h7-9,15H,3-6H2,1-2H3,(H3,14,17,18,19). The second kappa shape index (κ2) is 5.24. The third-order valence-corrected chi connectivity index (χ3v) is 3.68. The number of nitrogens with two attached hydrogens (primary N) is 1. The maximum Gasteiger partial charge on any atom is 0.226 e. The topological polar surface area (TPSA) is 93.7 Å². The average molecular weight is 275 g/mol. The summed E-state index contributed by atoms with van der Waals surface area (Å²) in [5.41, 5.74) is 7.47. The van der Waals surface area contributed by atoms with Gasteiger partial charge in [-0.25, -0.2) is 4.98 Å². The van der Waals surface area contributed by atoms with E-state index in [0.29, 0.717) is 29.4 Å². The number of fused-ring (bicyclic) bond motifs is 1. The van der Waals surface area contributed by atoms with Gasteiger partial charge < -0.3 is 20.9 Å². The first-order chi connectivity index (χ1) is 9.65. The Morgan fingerprint density at radius 3 is 2.80 bits per heavy atom. The number of hydrogen-bond acceptors (Lipinski definition) is 6. The van der Waals surface area contributed by atoms with Gasteiger partial charge in [0, 0.05) is 12.1 Å². The number of imidazole rings is 1. The maximum atomic E-state index is 6.00. The summed E-state index contributed by atoms with van der Waals surface area (Å²) in [6.07, 6.45) is 3.92. The largest absolute Gasteiger partial charge is 0.382 e. The van der Waals surface area contributed by atoms with E-state index in [2.05, 4.69) is 39.4 Å². The molecular formula is C13H21N7. The van der Waals surface area contributed by atoms with Crippen molar-refractivity contribution in [1.29, 1.82) is 0 Å². The predicted molar refractivity (Wildman–Crippen MR) is 79.6 cm³/mol. The van der Waals surface area contributed by atoms with Gasteiger partial charge in [-0.05, 0) is 39.8 Å². The fourth-order valence-electron chi connectivity index (χ4n) is 2.53. The Labute approximate surface area is 118 Å². The number of hydrogen-bond donors (Lipinski definition) is 3. The quantitative estimate of drug-likeness (QED) is 0.778. The monoisotopic (exact) mass is 275 g/mol. The summed E-state index contributed by atoms with van der Waals surface area (Å²) in [5.74, 6) is 1.04. The first-order valence-corrected chi connectivity index (χ1v) is 7.12. The van der Waals surface area contributed by atoms with Crippen molar-refractivity contribution in [2.75, 3.05) is 24.1 Å². The van der Waals surface area contributed by atoms with Gasteiger partial charge in [-0.2, -0.15) is 9.97 Å². The number of anilines is 2. The third kappa shape index (κ3) is 2.40. The second-order valence-corrected chi connectivity index (χ2v) is 5.52. The van der Waals surface area contributed by atoms with Crippen LogP contribution in [0.4, 0.5) is 11.8 Å². The van der Waals surface area contributed by atoms with E-state index >= 15 is 0 Å². The molecule has 0 saturated carbocycles. The molecule has 0 unspecified atom stereocenters. The maximum absolute atomic E-state index is 6.00. The van der Waals surface area contributed by atoms with Gasteiger partial charge in [0.1, 0.15) is 5.52 Å². The van der Waals surface area contributed by atoms with Crippen LogP contribution < -0.4 is 16.4 Å². The van der Waals surface area contributed by atoms with Gasteiger partial charge >= 0.3 is 0 Å². The van der Waals surface area contributed by atoms with Gasteiger partial charge in [-0.1, -0.05) is 0 Å². The van der Waals surface area contributed by atoms with E-state index in [1.807, 2.05) is 4.57 Å². The molecule has 2 aromatic heterocycles. The predicted octanol–water partition coefficient (Wildman–Crippen LogP) is 1.15. The first kappa shape index (κ1) is 13.1. The molecule has 7 nitrogen and oxygen atoms in total. The van der Waals surface area contributed by atoms with Crippen molar-refractivity contribution in [1.82, 2.24) is 24.8 Å². The minimum absolute atomic E-state index is 0.293. The SMILES string of the molecule is CC(C)n1cnc2c(N)nc(NC3CCNCC3)nc21. The van der Waals surface area contributed by atoms with Gasteiger partial charge in [0.15, 0.2) is 11.5 Å². The molecule has 3 heterocycles. The molecule has 7 heteroatoms. The van der Waals surface area contributed by atoms with E-state index in [1.165, 1.54) is 0 Å². The molecule has 1 aliphatic heterocycles. The summed E-state index contributed by atoms with van der Waals surface area (Å²) in [6, 6.07) is 0.699. The van der Waals surface area contributed by atoms with Crippen molar-refractivity contribution >= 4 is 22.9 Å². The zero-order valence-corrected chi connectivity index (χ0v) is 11.9. The smallest absolute Gasteiger partial charge is 0.226 e. The fourth-order valence-corrected chi connectivity index (χ4v) is 2.53. The number of nitrogen functional groups attached to an aromatic ring is 1. The Kier molecular flexibility index (Phi) is 3.43. The highest BCUT2D eigenvalue weighted by atomic mass is 15.2. The molecule has 2 aromatic rings. The number of aromatic nitrogens is 4. The van der Waals surface area contributed by atoms with Crippen LogP contribution in [0.25, 0.3) is 11.2 Å². The molecule has 0 amide bonds. The van der Waals surface area contributed by atoms with Gasteiger partial charge in [-0.3, -0.25) is 0 Å². The van der Waals surface area contributed by atoms with Crippen LogP contribution in [0, 0.1) is 0 Å². The van der Waals surface area contributed by atoms with E-state index in [4.69, 9.17) is 5.73 Å². The van der Waals surface area contributed by atoms with Crippen LogP contribution in [0.1, 0.15) is 32.7 Å². The average Bonchev–Trinajstić information content (AvgIpc) is 2.84. The number of rotatable bonds is 3. The summed E-state index contributed by atoms with van der Waals surface area (Å²) in [6.45, 7) is 6.25. The molecule has 3 rings (SSSR count). The van der Waals surface area contributed by atoms with E-state index in [1.54, 1.807) is 6.33 Å². The Balaban J connectivity index is 1.93. The Bertz CT molecular complexity index is 598. The lowest BCUT2D eigenvalue weighted by Crippen LogP contribution is -2.35. The van der Waals surface area contributed by atoms with Gasteiger partial charge in [0.2, 0.25) is 5.95 Å². The molecule has 4 N–H and O–H groups in total. The van der Waals surface area contributed by atoms with Crippen LogP contribution in [0.2, 0.25) is 0 Å². The fraction of sp³-hybridized carbons (Fsp3) is 0.615. The highest BCUT2D eigenvalue weighted by Gasteiger charge is 2.17. The van der Waals surface area contributed by atoms with Crippen LogP contribution in [0.5, 0.6) is 0 Å². The summed E-state index contributed by atoms with van der Waals surface area (Å²) < 4.78 is 2.01. The van der Waals surface area contributed by atoms with E-state index < -0.39 is 0 Å². The zero-order chi connectivity index (χ0) is 14.1. The van der Waals surface area contributed by atoms with Crippen molar-refractivity contribution in [3.63, 3.8) is 0 Å². The molecule has 1 aliphatic rings. The second-order valence-electron chi connectivity index (χ2n) is 5.52. The molecule has 0 aliphatic carbocycles. The Morgan fingerprint density at radius 2 is 2.10 bits per heavy atom. The lowest BCUT2D eigenvalue weighted by atomic mass is 10.1. The van der Waals surface area contributed by atoms with E-state index in [-0.39, 0.29) is 0 Å². The van der Waals surface area contributed by atoms with Crippen LogP contribution in [-0.4, -0.2) is 38.7 Å². The molecule has 1 saturated heterocycles. The van der Waals surface area contributed by atoms with Gasteiger partial charge in [0.05, 0.1) is 6.33 Å². The van der Waals surface area contributed by atoms with Crippen molar-refractivity contribution in [3.8, 4) is 0 Å². The molecule has 0 spiro atoms. The van der Waals surface area contributed by atoms with Crippen molar-refractivity contribution in [2.45, 2.75) is 38.8 Å². The molecule has 20 heavy (non-hydrogen) atoms. The minimum atomic E-state index is 0.293. The number of nitrogens with zero attached hydrogens (tertiary/aromatic N) is 4. The van der Waals surface area contributed by atoms with Crippen LogP contribution in [0.15, 0.2) is 6.33 Å².